The van der Waals surface area contributed by atoms with Crippen molar-refractivity contribution in [3.8, 4) is 11.4 Å². The molecule has 7 nitrogen and oxygen atoms in total. The van der Waals surface area contributed by atoms with Gasteiger partial charge in [0.05, 0.1) is 6.10 Å². The van der Waals surface area contributed by atoms with Crippen LogP contribution in [0, 0.1) is 5.41 Å². The minimum Gasteiger partial charge on any atom is -0.393 e. The topological polar surface area (TPSA) is 92.9 Å². The second-order valence-electron chi connectivity index (χ2n) is 7.69. The van der Waals surface area contributed by atoms with Crippen LogP contribution in [-0.2, 0) is 11.2 Å². The minimum atomic E-state index is -0.616. The largest absolute Gasteiger partial charge is 0.393 e. The van der Waals surface area contributed by atoms with Gasteiger partial charge in [-0.15, -0.1) is 10.2 Å². The fourth-order valence-electron chi connectivity index (χ4n) is 3.05. The smallest absolute Gasteiger partial charge is 0.246 e. The van der Waals surface area contributed by atoms with Gasteiger partial charge in [-0.25, -0.2) is 0 Å². The van der Waals surface area contributed by atoms with Gasteiger partial charge in [-0.2, -0.15) is 4.80 Å². The number of nitrogens with one attached hydrogen (secondary N) is 1. The molecule has 0 bridgehead atoms. The number of aliphatic hydroxyl groups excluding tert-OH is 1. The van der Waals surface area contributed by atoms with Crippen LogP contribution in [0.5, 0.6) is 0 Å². The van der Waals surface area contributed by atoms with Crippen LogP contribution < -0.4 is 5.32 Å². The summed E-state index contributed by atoms with van der Waals surface area (Å²) >= 11 is 0. The van der Waals surface area contributed by atoms with Crippen molar-refractivity contribution < 1.29 is 9.90 Å². The van der Waals surface area contributed by atoms with Crippen LogP contribution in [0.1, 0.15) is 32.4 Å². The van der Waals surface area contributed by atoms with Crippen molar-refractivity contribution in [2.24, 2.45) is 5.41 Å². The Balaban J connectivity index is 1.65. The number of hydrogen-bond acceptors (Lipinski definition) is 5. The molecule has 0 saturated carbocycles. The molecule has 7 heteroatoms. The number of nitrogens with zero attached hydrogens (tertiary/aromatic N) is 4. The molecule has 0 unspecified atom stereocenters. The van der Waals surface area contributed by atoms with Gasteiger partial charge in [0.15, 0.2) is 0 Å². The molecular formula is C22H27N5O2. The molecule has 0 spiro atoms. The van der Waals surface area contributed by atoms with Gasteiger partial charge < -0.3 is 10.4 Å². The molecule has 2 N–H and O–H groups in total. The lowest BCUT2D eigenvalue weighted by Crippen LogP contribution is -2.45. The maximum atomic E-state index is 12.7. The zero-order valence-corrected chi connectivity index (χ0v) is 17.0. The average Bonchev–Trinajstić information content (AvgIpc) is 3.23. The van der Waals surface area contributed by atoms with E-state index in [-0.39, 0.29) is 5.91 Å². The van der Waals surface area contributed by atoms with E-state index in [0.717, 1.165) is 11.1 Å². The van der Waals surface area contributed by atoms with Crippen molar-refractivity contribution in [1.82, 2.24) is 25.5 Å². The third-order valence-electron chi connectivity index (χ3n) is 5.31. The molecule has 1 aromatic heterocycles. The van der Waals surface area contributed by atoms with Crippen LogP contribution in [0.15, 0.2) is 60.7 Å². The predicted octanol–water partition coefficient (Wildman–Crippen LogP) is 2.65. The molecule has 0 saturated heterocycles. The monoisotopic (exact) mass is 393 g/mol. The molecule has 0 aliphatic rings. The number of hydrogen-bond donors (Lipinski definition) is 2. The Hall–Kier alpha value is -3.06. The van der Waals surface area contributed by atoms with Crippen molar-refractivity contribution in [3.05, 3.63) is 66.2 Å². The molecule has 152 valence electrons. The fraction of sp³-hybridized carbons (Fsp3) is 0.364. The summed E-state index contributed by atoms with van der Waals surface area (Å²) in [6, 6.07) is 18.8. The molecule has 0 radical (unpaired) electrons. The van der Waals surface area contributed by atoms with E-state index in [1.54, 1.807) is 13.8 Å². The number of aromatic nitrogens is 4. The Labute approximate surface area is 170 Å². The van der Waals surface area contributed by atoms with Crippen LogP contribution in [0.4, 0.5) is 0 Å². The molecule has 3 aromatic rings. The van der Waals surface area contributed by atoms with Gasteiger partial charge in [0, 0.05) is 17.5 Å². The lowest BCUT2D eigenvalue weighted by Gasteiger charge is -2.33. The maximum absolute atomic E-state index is 12.7. The highest BCUT2D eigenvalue weighted by atomic mass is 16.3. The predicted molar refractivity (Wildman–Crippen MR) is 111 cm³/mol. The normalized spacial score (nSPS) is 15.3. The van der Waals surface area contributed by atoms with E-state index < -0.39 is 17.6 Å². The number of rotatable bonds is 8. The van der Waals surface area contributed by atoms with Crippen molar-refractivity contribution in [2.45, 2.75) is 39.3 Å². The lowest BCUT2D eigenvalue weighted by molar-refractivity contribution is -0.125. The first-order chi connectivity index (χ1) is 13.9. The fourth-order valence-corrected chi connectivity index (χ4v) is 3.05. The second kappa shape index (κ2) is 8.96. The van der Waals surface area contributed by atoms with E-state index in [1.165, 1.54) is 4.80 Å². The van der Waals surface area contributed by atoms with Crippen LogP contribution in [-0.4, -0.2) is 43.9 Å². The summed E-state index contributed by atoms with van der Waals surface area (Å²) in [5, 5.41) is 25.7. The molecule has 0 fully saturated rings. The summed E-state index contributed by atoms with van der Waals surface area (Å²) in [5.41, 5.74) is 1.46. The van der Waals surface area contributed by atoms with Gasteiger partial charge in [-0.3, -0.25) is 4.79 Å². The van der Waals surface area contributed by atoms with Gasteiger partial charge in [0.25, 0.3) is 0 Å². The van der Waals surface area contributed by atoms with Crippen molar-refractivity contribution in [3.63, 3.8) is 0 Å². The van der Waals surface area contributed by atoms with E-state index in [4.69, 9.17) is 0 Å². The minimum absolute atomic E-state index is 0.220. The maximum Gasteiger partial charge on any atom is 0.246 e. The first-order valence-corrected chi connectivity index (χ1v) is 9.74. The van der Waals surface area contributed by atoms with Gasteiger partial charge in [0.1, 0.15) is 6.04 Å². The van der Waals surface area contributed by atoms with E-state index in [9.17, 15) is 9.90 Å². The third kappa shape index (κ3) is 5.06. The highest BCUT2D eigenvalue weighted by molar-refractivity contribution is 5.79. The Kier molecular flexibility index (Phi) is 6.39. The molecule has 1 amide bonds. The molecule has 1 heterocycles. The summed E-state index contributed by atoms with van der Waals surface area (Å²) in [6.07, 6.45) is 0.0624. The molecule has 29 heavy (non-hydrogen) atoms. The molecule has 2 aromatic carbocycles. The van der Waals surface area contributed by atoms with Gasteiger partial charge in [-0.05, 0) is 31.0 Å². The summed E-state index contributed by atoms with van der Waals surface area (Å²) < 4.78 is 0. The third-order valence-corrected chi connectivity index (χ3v) is 5.31. The Morgan fingerprint density at radius 2 is 1.72 bits per heavy atom. The number of tetrazole rings is 1. The summed E-state index contributed by atoms with van der Waals surface area (Å²) in [7, 11) is 0. The summed E-state index contributed by atoms with van der Waals surface area (Å²) in [5.74, 6) is 0.255. The van der Waals surface area contributed by atoms with Gasteiger partial charge in [-0.1, -0.05) is 67.6 Å². The van der Waals surface area contributed by atoms with Crippen molar-refractivity contribution >= 4 is 5.91 Å². The first kappa shape index (κ1) is 20.7. The van der Waals surface area contributed by atoms with Crippen LogP contribution >= 0.6 is 0 Å². The highest BCUT2D eigenvalue weighted by Crippen LogP contribution is 2.26. The average molecular weight is 393 g/mol. The molecule has 3 rings (SSSR count). The Morgan fingerprint density at radius 3 is 2.34 bits per heavy atom. The number of carbonyl (C=O) groups is 1. The Bertz CT molecular complexity index is 927. The Morgan fingerprint density at radius 1 is 1.10 bits per heavy atom. The second-order valence-corrected chi connectivity index (χ2v) is 7.69. The molecular weight excluding hydrogens is 366 g/mol. The van der Waals surface area contributed by atoms with E-state index in [2.05, 4.69) is 20.7 Å². The zero-order valence-electron chi connectivity index (χ0n) is 17.0. The van der Waals surface area contributed by atoms with Crippen LogP contribution in [0.3, 0.4) is 0 Å². The first-order valence-electron chi connectivity index (χ1n) is 9.74. The lowest BCUT2D eigenvalue weighted by atomic mass is 9.79. The number of aliphatic hydroxyl groups is 1. The zero-order chi connectivity index (χ0) is 20.9. The molecule has 0 aliphatic heterocycles. The van der Waals surface area contributed by atoms with Gasteiger partial charge >= 0.3 is 0 Å². The quantitative estimate of drug-likeness (QED) is 0.614. The standard InChI is InChI=1S/C22H27N5O2/c1-16(27-25-20(24-26-27)19-12-8-5-9-13-19)21(29)23-15-22(3,17(2)28)14-18-10-6-4-7-11-18/h4-13,16-17,28H,14-15H2,1-3H3,(H,23,29)/t16-,17+,22-/m1/s1. The van der Waals surface area contributed by atoms with E-state index >= 15 is 0 Å². The van der Waals surface area contributed by atoms with Crippen LogP contribution in [0.2, 0.25) is 0 Å². The van der Waals surface area contributed by atoms with Crippen LogP contribution in [0.25, 0.3) is 11.4 Å². The number of amides is 1. The van der Waals surface area contributed by atoms with Gasteiger partial charge in [0.2, 0.25) is 11.7 Å². The SMILES string of the molecule is C[C@H](C(=O)NC[C@@](C)(Cc1ccccc1)[C@H](C)O)n1nnc(-c2ccccc2)n1. The summed E-state index contributed by atoms with van der Waals surface area (Å²) in [6.45, 7) is 5.78. The van der Waals surface area contributed by atoms with E-state index in [1.807, 2.05) is 67.6 Å². The number of carbonyl (C=O) groups excluding carboxylic acids is 1. The van der Waals surface area contributed by atoms with E-state index in [0.29, 0.717) is 18.8 Å². The molecule has 3 atom stereocenters. The molecule has 0 aliphatic carbocycles. The van der Waals surface area contributed by atoms with Crippen molar-refractivity contribution in [1.29, 1.82) is 0 Å². The highest BCUT2D eigenvalue weighted by Gasteiger charge is 2.32. The number of benzene rings is 2. The summed E-state index contributed by atoms with van der Waals surface area (Å²) in [4.78, 5) is 14.0. The van der Waals surface area contributed by atoms with Crippen molar-refractivity contribution in [2.75, 3.05) is 6.54 Å².